The molecule has 0 amide bonds. The summed E-state index contributed by atoms with van der Waals surface area (Å²) < 4.78 is 0. The Hall–Kier alpha value is 0.785. The molecule has 32 valence electrons. The van der Waals surface area contributed by atoms with E-state index in [9.17, 15) is 0 Å². The van der Waals surface area contributed by atoms with Crippen molar-refractivity contribution < 1.29 is 37.5 Å². The Balaban J connectivity index is 0. The molecule has 0 heterocycles. The topological polar surface area (TPSA) is 85.5 Å². The van der Waals surface area contributed by atoms with E-state index in [1.54, 1.807) is 0 Å². The minimum atomic E-state index is 0. The van der Waals surface area contributed by atoms with E-state index in [2.05, 4.69) is 0 Å². The summed E-state index contributed by atoms with van der Waals surface area (Å²) >= 11 is 0. The van der Waals surface area contributed by atoms with E-state index in [-0.39, 0.29) is 48.5 Å². The average molecular weight is 264 g/mol. The van der Waals surface area contributed by atoms with Gasteiger partial charge in [-0.25, -0.2) is 0 Å². The Kier molecular flexibility index (Phi) is 4780. The van der Waals surface area contributed by atoms with Crippen molar-refractivity contribution >= 4 is 11.0 Å². The van der Waals surface area contributed by atoms with E-state index in [1.165, 1.54) is 0 Å². The molecule has 5 heavy (non-hydrogen) atoms. The van der Waals surface area contributed by atoms with Gasteiger partial charge in [0, 0.05) is 0 Å². The van der Waals surface area contributed by atoms with Crippen molar-refractivity contribution in [2.45, 2.75) is 0 Å². The van der Waals surface area contributed by atoms with E-state index < -0.39 is 0 Å². The van der Waals surface area contributed by atoms with Gasteiger partial charge in [-0.3, -0.25) is 0 Å². The monoisotopic (exact) mass is 264 g/mol. The molecule has 0 aliphatic rings. The van der Waals surface area contributed by atoms with Crippen molar-refractivity contribution in [2.24, 2.45) is 0 Å². The fourth-order valence-corrected chi connectivity index (χ4v) is 0. The Morgan fingerprint density at radius 2 is 0.600 bits per heavy atom. The summed E-state index contributed by atoms with van der Waals surface area (Å²) in [6.45, 7) is 0. The Bertz CT molecular complexity index is 6.85. The van der Waals surface area contributed by atoms with E-state index in [0.717, 1.165) is 0 Å². The molecule has 0 rings (SSSR count). The first-order chi connectivity index (χ1) is 0. The minimum absolute atomic E-state index is 0. The van der Waals surface area contributed by atoms with Gasteiger partial charge < -0.3 is 16.4 Å². The predicted molar refractivity (Wildman–Crippen MR) is 13.4 cm³/mol. The van der Waals surface area contributed by atoms with Crippen LogP contribution in [0.25, 0.3) is 0 Å². The van der Waals surface area contributed by atoms with Crippen molar-refractivity contribution in [1.29, 1.82) is 0 Å². The van der Waals surface area contributed by atoms with E-state index in [4.69, 9.17) is 0 Å². The molecule has 0 aromatic carbocycles. The fourth-order valence-electron chi connectivity index (χ4n) is 0. The van der Waals surface area contributed by atoms with Gasteiger partial charge in [-0.15, -0.1) is 0 Å². The molecule has 3 nitrogen and oxygen atoms in total. The van der Waals surface area contributed by atoms with Crippen LogP contribution in [0.15, 0.2) is 0 Å². The second-order valence-corrected chi connectivity index (χ2v) is 0. The van der Waals surface area contributed by atoms with Crippen LogP contribution >= 0.6 is 0 Å². The van der Waals surface area contributed by atoms with Crippen molar-refractivity contribution in [3.05, 3.63) is 0 Å². The maximum absolute atomic E-state index is 0. The molecule has 0 bridgehead atoms. The van der Waals surface area contributed by atoms with Crippen LogP contribution in [0.2, 0.25) is 0 Å². The van der Waals surface area contributed by atoms with Crippen LogP contribution in [0, 0.1) is 0 Å². The summed E-state index contributed by atoms with van der Waals surface area (Å²) in [7, 11) is 0. The van der Waals surface area contributed by atoms with Crippen LogP contribution in [0.1, 0.15) is 0 Å². The first-order valence-corrected chi connectivity index (χ1v) is 0. The zero-order valence-corrected chi connectivity index (χ0v) is 4.57. The van der Waals surface area contributed by atoms with Crippen LogP contribution in [0.4, 0.5) is 0 Å². The molecule has 0 aromatic heterocycles. The SMILES string of the molecule is [O-2].[O-2].[O-2].[SiH4].[W+6]. The van der Waals surface area contributed by atoms with Crippen molar-refractivity contribution in [1.82, 2.24) is 0 Å². The Labute approximate surface area is 49.0 Å². The molecular formula is H4O3SiW. The summed E-state index contributed by atoms with van der Waals surface area (Å²) in [5.41, 5.74) is 0. The van der Waals surface area contributed by atoms with Gasteiger partial charge in [0.2, 0.25) is 0 Å². The summed E-state index contributed by atoms with van der Waals surface area (Å²) in [4.78, 5) is 0. The zero-order valence-electron chi connectivity index (χ0n) is 1.63. The van der Waals surface area contributed by atoms with Gasteiger partial charge in [-0.2, -0.15) is 0 Å². The van der Waals surface area contributed by atoms with Crippen LogP contribution in [-0.4, -0.2) is 11.0 Å². The summed E-state index contributed by atoms with van der Waals surface area (Å²) in [6, 6.07) is 0. The van der Waals surface area contributed by atoms with Crippen molar-refractivity contribution in [2.75, 3.05) is 0 Å². The normalized spacial score (nSPS) is 0. The third-order valence-electron chi connectivity index (χ3n) is 0. The maximum Gasteiger partial charge on any atom is 6.00 e. The maximum atomic E-state index is 0. The molecule has 0 saturated carbocycles. The van der Waals surface area contributed by atoms with E-state index in [1.807, 2.05) is 0 Å². The number of hydrogen-bond acceptors (Lipinski definition) is 0. The number of hydrogen-bond donors (Lipinski definition) is 0. The molecular weight excluding hydrogens is 260 g/mol. The van der Waals surface area contributed by atoms with Crippen LogP contribution in [0.3, 0.4) is 0 Å². The van der Waals surface area contributed by atoms with Crippen LogP contribution in [0.5, 0.6) is 0 Å². The Morgan fingerprint density at radius 1 is 0.600 bits per heavy atom. The molecule has 0 atom stereocenters. The molecule has 0 spiro atoms. The van der Waals surface area contributed by atoms with Crippen LogP contribution in [-0.2, 0) is 37.5 Å². The number of rotatable bonds is 0. The van der Waals surface area contributed by atoms with Gasteiger partial charge >= 0.3 is 21.1 Å². The minimum Gasteiger partial charge on any atom is -2.00 e. The average Bonchev–Trinajstić information content (AvgIpc) is 0. The summed E-state index contributed by atoms with van der Waals surface area (Å²) in [6.07, 6.45) is 0. The molecule has 0 radical (unpaired) electrons. The second kappa shape index (κ2) is 111. The molecule has 0 saturated heterocycles. The third kappa shape index (κ3) is 60.2. The molecule has 0 aliphatic heterocycles. The van der Waals surface area contributed by atoms with Gasteiger partial charge in [0.05, 0.1) is 0 Å². The quantitative estimate of drug-likeness (QED) is 0.462. The first-order valence-electron chi connectivity index (χ1n) is 0. The van der Waals surface area contributed by atoms with Gasteiger partial charge in [0.25, 0.3) is 0 Å². The summed E-state index contributed by atoms with van der Waals surface area (Å²) in [5.74, 6) is 0. The van der Waals surface area contributed by atoms with Gasteiger partial charge in [-0.05, 0) is 11.0 Å². The van der Waals surface area contributed by atoms with E-state index >= 15 is 0 Å². The van der Waals surface area contributed by atoms with E-state index in [0.29, 0.717) is 0 Å². The fraction of sp³-hybridized carbons (Fsp3) is 0. The molecule has 0 aliphatic carbocycles. The summed E-state index contributed by atoms with van der Waals surface area (Å²) in [5, 5.41) is 0. The third-order valence-corrected chi connectivity index (χ3v) is 0. The molecule has 0 fully saturated rings. The van der Waals surface area contributed by atoms with Gasteiger partial charge in [0.15, 0.2) is 0 Å². The second-order valence-electron chi connectivity index (χ2n) is 0. The first kappa shape index (κ1) is 215. The molecule has 0 aromatic rings. The largest absolute Gasteiger partial charge is 6.00 e. The Morgan fingerprint density at radius 3 is 0.600 bits per heavy atom. The zero-order chi connectivity index (χ0) is 0. The smallest absolute Gasteiger partial charge is 2.00 e. The van der Waals surface area contributed by atoms with Crippen molar-refractivity contribution in [3.63, 3.8) is 0 Å². The predicted octanol–water partition coefficient (Wildman–Crippen LogP) is -1.81. The molecule has 5 heteroatoms. The standard InChI is InChI=1S/3O.H4Si.W/h;;;1H4;/q3*-2;;+6. The molecule has 0 unspecified atom stereocenters. The van der Waals surface area contributed by atoms with Gasteiger partial charge in [-0.1, -0.05) is 0 Å². The molecule has 0 N–H and O–H groups in total. The van der Waals surface area contributed by atoms with Crippen LogP contribution < -0.4 is 0 Å². The van der Waals surface area contributed by atoms with Crippen molar-refractivity contribution in [3.8, 4) is 0 Å². The van der Waals surface area contributed by atoms with Gasteiger partial charge in [0.1, 0.15) is 0 Å².